The molecule has 2 aromatic carbocycles. The molecule has 7 heteroatoms. The van der Waals surface area contributed by atoms with Crippen LogP contribution >= 0.6 is 24.0 Å². The number of hydrogen-bond acceptors (Lipinski definition) is 3. The first-order valence-electron chi connectivity index (χ1n) is 8.21. The van der Waals surface area contributed by atoms with Gasteiger partial charge in [0.1, 0.15) is 5.75 Å². The number of rotatable bonds is 7. The van der Waals surface area contributed by atoms with Gasteiger partial charge < -0.3 is 20.7 Å². The van der Waals surface area contributed by atoms with Crippen molar-refractivity contribution in [2.45, 2.75) is 13.5 Å². The maximum atomic E-state index is 12.0. The van der Waals surface area contributed by atoms with E-state index in [4.69, 9.17) is 4.74 Å². The minimum atomic E-state index is -0.127. The number of aliphatic imine (C=N–C) groups is 1. The second-order valence-corrected chi connectivity index (χ2v) is 5.31. The molecule has 26 heavy (non-hydrogen) atoms. The van der Waals surface area contributed by atoms with Crippen molar-refractivity contribution in [3.63, 3.8) is 0 Å². The third kappa shape index (κ3) is 7.73. The molecular formula is C19H25IN4O2. The van der Waals surface area contributed by atoms with Crippen LogP contribution in [0.4, 0.5) is 5.69 Å². The van der Waals surface area contributed by atoms with Gasteiger partial charge in [-0.05, 0) is 36.8 Å². The van der Waals surface area contributed by atoms with Gasteiger partial charge in [0.25, 0.3) is 0 Å². The Hall–Kier alpha value is -2.29. The summed E-state index contributed by atoms with van der Waals surface area (Å²) >= 11 is 0. The van der Waals surface area contributed by atoms with Gasteiger partial charge in [-0.3, -0.25) is 4.79 Å². The Morgan fingerprint density at radius 1 is 1.08 bits per heavy atom. The predicted molar refractivity (Wildman–Crippen MR) is 116 cm³/mol. The SMILES string of the molecule is CCNC(=NCc1cccc(OC)c1)NCC(=O)Nc1ccccc1.I. The Morgan fingerprint density at radius 3 is 2.54 bits per heavy atom. The molecule has 140 valence electrons. The molecule has 0 unspecified atom stereocenters. The molecule has 0 aliphatic rings. The Kier molecular flexibility index (Phi) is 10.1. The van der Waals surface area contributed by atoms with E-state index in [0.29, 0.717) is 19.0 Å². The first kappa shape index (κ1) is 21.8. The molecule has 2 rings (SSSR count). The van der Waals surface area contributed by atoms with E-state index in [1.165, 1.54) is 0 Å². The van der Waals surface area contributed by atoms with Gasteiger partial charge in [0.2, 0.25) is 5.91 Å². The van der Waals surface area contributed by atoms with Gasteiger partial charge in [-0.15, -0.1) is 24.0 Å². The quantitative estimate of drug-likeness (QED) is 0.332. The normalized spacial score (nSPS) is 10.5. The van der Waals surface area contributed by atoms with E-state index in [0.717, 1.165) is 17.0 Å². The number of anilines is 1. The lowest BCUT2D eigenvalue weighted by atomic mass is 10.2. The molecule has 0 atom stereocenters. The maximum absolute atomic E-state index is 12.0. The molecule has 0 spiro atoms. The number of ether oxygens (including phenoxy) is 1. The zero-order valence-corrected chi connectivity index (χ0v) is 17.3. The van der Waals surface area contributed by atoms with Crippen LogP contribution in [0.5, 0.6) is 5.75 Å². The van der Waals surface area contributed by atoms with Gasteiger partial charge in [0, 0.05) is 12.2 Å². The van der Waals surface area contributed by atoms with E-state index in [2.05, 4.69) is 20.9 Å². The van der Waals surface area contributed by atoms with Crippen LogP contribution in [0.25, 0.3) is 0 Å². The lowest BCUT2D eigenvalue weighted by molar-refractivity contribution is -0.115. The van der Waals surface area contributed by atoms with Crippen LogP contribution in [-0.4, -0.2) is 32.1 Å². The summed E-state index contributed by atoms with van der Waals surface area (Å²) in [5.74, 6) is 1.26. The number of nitrogens with one attached hydrogen (secondary N) is 3. The van der Waals surface area contributed by atoms with Crippen molar-refractivity contribution in [1.29, 1.82) is 0 Å². The van der Waals surface area contributed by atoms with Gasteiger partial charge in [-0.25, -0.2) is 4.99 Å². The fourth-order valence-electron chi connectivity index (χ4n) is 2.17. The fraction of sp³-hybridized carbons (Fsp3) is 0.263. The molecule has 0 bridgehead atoms. The predicted octanol–water partition coefficient (Wildman–Crippen LogP) is 3.01. The fourth-order valence-corrected chi connectivity index (χ4v) is 2.17. The van der Waals surface area contributed by atoms with Crippen molar-refractivity contribution in [2.75, 3.05) is 25.5 Å². The van der Waals surface area contributed by atoms with Gasteiger partial charge in [0.15, 0.2) is 5.96 Å². The number of para-hydroxylation sites is 1. The molecule has 6 nitrogen and oxygen atoms in total. The number of guanidine groups is 1. The number of benzene rings is 2. The lowest BCUT2D eigenvalue weighted by Crippen LogP contribution is -2.41. The highest BCUT2D eigenvalue weighted by Crippen LogP contribution is 2.13. The van der Waals surface area contributed by atoms with Crippen molar-refractivity contribution in [1.82, 2.24) is 10.6 Å². The zero-order chi connectivity index (χ0) is 17.9. The van der Waals surface area contributed by atoms with E-state index >= 15 is 0 Å². The van der Waals surface area contributed by atoms with Crippen LogP contribution in [-0.2, 0) is 11.3 Å². The molecular weight excluding hydrogens is 443 g/mol. The number of carbonyl (C=O) groups is 1. The third-order valence-corrected chi connectivity index (χ3v) is 3.37. The first-order chi connectivity index (χ1) is 12.2. The third-order valence-electron chi connectivity index (χ3n) is 3.37. The smallest absolute Gasteiger partial charge is 0.243 e. The molecule has 0 fully saturated rings. The maximum Gasteiger partial charge on any atom is 0.243 e. The summed E-state index contributed by atoms with van der Waals surface area (Å²) < 4.78 is 5.21. The summed E-state index contributed by atoms with van der Waals surface area (Å²) in [6, 6.07) is 17.1. The number of hydrogen-bond donors (Lipinski definition) is 3. The van der Waals surface area contributed by atoms with E-state index in [1.54, 1.807) is 7.11 Å². The highest BCUT2D eigenvalue weighted by Gasteiger charge is 2.04. The topological polar surface area (TPSA) is 74.8 Å². The van der Waals surface area contributed by atoms with Crippen LogP contribution < -0.4 is 20.7 Å². The van der Waals surface area contributed by atoms with Crippen molar-refractivity contribution in [3.8, 4) is 5.75 Å². The molecule has 0 aliphatic heterocycles. The van der Waals surface area contributed by atoms with Crippen LogP contribution in [0, 0.1) is 0 Å². The molecule has 0 saturated heterocycles. The monoisotopic (exact) mass is 468 g/mol. The summed E-state index contributed by atoms with van der Waals surface area (Å²) in [7, 11) is 1.64. The van der Waals surface area contributed by atoms with E-state index in [1.807, 2.05) is 61.5 Å². The van der Waals surface area contributed by atoms with E-state index in [-0.39, 0.29) is 36.4 Å². The number of methoxy groups -OCH3 is 1. The molecule has 0 saturated carbocycles. The van der Waals surface area contributed by atoms with Crippen molar-refractivity contribution < 1.29 is 9.53 Å². The Morgan fingerprint density at radius 2 is 1.85 bits per heavy atom. The van der Waals surface area contributed by atoms with Crippen LogP contribution in [0.15, 0.2) is 59.6 Å². The Bertz CT molecular complexity index is 708. The molecule has 1 amide bonds. The minimum absolute atomic E-state index is 0. The minimum Gasteiger partial charge on any atom is -0.497 e. The summed E-state index contributed by atoms with van der Waals surface area (Å²) in [5, 5.41) is 8.99. The van der Waals surface area contributed by atoms with Gasteiger partial charge in [-0.2, -0.15) is 0 Å². The summed E-state index contributed by atoms with van der Waals surface area (Å²) in [5.41, 5.74) is 1.80. The highest BCUT2D eigenvalue weighted by atomic mass is 127. The molecule has 3 N–H and O–H groups in total. The van der Waals surface area contributed by atoms with E-state index < -0.39 is 0 Å². The standard InChI is InChI=1S/C19H24N4O2.HI/c1-3-20-19(21-13-15-8-7-11-17(12-15)25-2)22-14-18(24)23-16-9-5-4-6-10-16;/h4-12H,3,13-14H2,1-2H3,(H,23,24)(H2,20,21,22);1H. The number of carbonyl (C=O) groups excluding carboxylic acids is 1. The van der Waals surface area contributed by atoms with Crippen LogP contribution in [0.2, 0.25) is 0 Å². The number of nitrogens with zero attached hydrogens (tertiary/aromatic N) is 1. The number of amides is 1. The zero-order valence-electron chi connectivity index (χ0n) is 15.0. The highest BCUT2D eigenvalue weighted by molar-refractivity contribution is 14.0. The Labute approximate surface area is 171 Å². The second-order valence-electron chi connectivity index (χ2n) is 5.31. The largest absolute Gasteiger partial charge is 0.497 e. The Balaban J connectivity index is 0.00000338. The van der Waals surface area contributed by atoms with Crippen LogP contribution in [0.3, 0.4) is 0 Å². The number of halogens is 1. The van der Waals surface area contributed by atoms with Crippen molar-refractivity contribution in [2.24, 2.45) is 4.99 Å². The van der Waals surface area contributed by atoms with Crippen molar-refractivity contribution in [3.05, 3.63) is 60.2 Å². The molecule has 0 radical (unpaired) electrons. The van der Waals surface area contributed by atoms with Gasteiger partial charge >= 0.3 is 0 Å². The van der Waals surface area contributed by atoms with Gasteiger partial charge in [0.05, 0.1) is 20.2 Å². The molecule has 0 aromatic heterocycles. The second kappa shape index (κ2) is 12.1. The average molecular weight is 468 g/mol. The van der Waals surface area contributed by atoms with Crippen molar-refractivity contribution >= 4 is 41.5 Å². The average Bonchev–Trinajstić information content (AvgIpc) is 2.65. The first-order valence-corrected chi connectivity index (χ1v) is 8.21. The van der Waals surface area contributed by atoms with E-state index in [9.17, 15) is 4.79 Å². The summed E-state index contributed by atoms with van der Waals surface area (Å²) in [4.78, 5) is 16.5. The summed E-state index contributed by atoms with van der Waals surface area (Å²) in [6.07, 6.45) is 0. The van der Waals surface area contributed by atoms with Gasteiger partial charge in [-0.1, -0.05) is 30.3 Å². The molecule has 2 aromatic rings. The summed E-state index contributed by atoms with van der Waals surface area (Å²) in [6.45, 7) is 3.32. The van der Waals surface area contributed by atoms with Crippen LogP contribution in [0.1, 0.15) is 12.5 Å². The molecule has 0 aliphatic carbocycles. The lowest BCUT2D eigenvalue weighted by Gasteiger charge is -2.11. The molecule has 0 heterocycles.